The van der Waals surface area contributed by atoms with Gasteiger partial charge in [0, 0.05) is 18.2 Å². The van der Waals surface area contributed by atoms with Crippen molar-refractivity contribution >= 4 is 29.0 Å². The Morgan fingerprint density at radius 2 is 1.87 bits per heavy atom. The molecule has 1 aliphatic heterocycles. The normalized spacial score (nSPS) is 19.8. The number of alkyl halides is 3. The van der Waals surface area contributed by atoms with Gasteiger partial charge in [0.25, 0.3) is 11.1 Å². The Kier molecular flexibility index (Phi) is 5.77. The summed E-state index contributed by atoms with van der Waals surface area (Å²) in [5.74, 6) is 0.578. The largest absolute Gasteiger partial charge is 0.457 e. The third-order valence-electron chi connectivity index (χ3n) is 5.41. The molecule has 2 aliphatic rings. The van der Waals surface area contributed by atoms with Gasteiger partial charge in [-0.3, -0.25) is 14.5 Å². The predicted molar refractivity (Wildman–Crippen MR) is 108 cm³/mol. The number of carbonyl (C=O) groups excluding carboxylic acids is 2. The molecule has 0 atom stereocenters. The highest BCUT2D eigenvalue weighted by Gasteiger charge is 2.36. The van der Waals surface area contributed by atoms with Crippen molar-refractivity contribution in [1.82, 2.24) is 4.90 Å². The molecule has 0 radical (unpaired) electrons. The molecule has 0 unspecified atom stereocenters. The molecular formula is C22H20F3NO3S. The maximum Gasteiger partial charge on any atom is 0.416 e. The van der Waals surface area contributed by atoms with Crippen LogP contribution in [-0.4, -0.2) is 22.6 Å². The van der Waals surface area contributed by atoms with Gasteiger partial charge in [-0.15, -0.1) is 0 Å². The Morgan fingerprint density at radius 3 is 2.60 bits per heavy atom. The molecule has 30 heavy (non-hydrogen) atoms. The summed E-state index contributed by atoms with van der Waals surface area (Å²) in [7, 11) is 0. The van der Waals surface area contributed by atoms with Crippen LogP contribution in [0.4, 0.5) is 18.0 Å². The van der Waals surface area contributed by atoms with Crippen LogP contribution in [0.25, 0.3) is 17.4 Å². The molecule has 0 spiro atoms. The fourth-order valence-corrected chi connectivity index (χ4v) is 4.68. The van der Waals surface area contributed by atoms with Crippen molar-refractivity contribution in [3.8, 4) is 11.3 Å². The molecule has 2 heterocycles. The van der Waals surface area contributed by atoms with Gasteiger partial charge in [-0.2, -0.15) is 13.2 Å². The van der Waals surface area contributed by atoms with E-state index in [1.54, 1.807) is 12.1 Å². The van der Waals surface area contributed by atoms with E-state index in [0.29, 0.717) is 18.2 Å². The highest BCUT2D eigenvalue weighted by Crippen LogP contribution is 2.36. The number of hydrogen-bond donors (Lipinski definition) is 0. The molecule has 1 saturated heterocycles. The first kappa shape index (κ1) is 20.8. The fraction of sp³-hybridized carbons (Fsp3) is 0.364. The van der Waals surface area contributed by atoms with Crippen LogP contribution in [0, 0.1) is 5.92 Å². The first-order valence-electron chi connectivity index (χ1n) is 9.84. The summed E-state index contributed by atoms with van der Waals surface area (Å²) in [5, 5.41) is -0.290. The van der Waals surface area contributed by atoms with Gasteiger partial charge >= 0.3 is 6.18 Å². The minimum atomic E-state index is -4.44. The van der Waals surface area contributed by atoms with Gasteiger partial charge in [-0.05, 0) is 54.8 Å². The number of imide groups is 1. The zero-order chi connectivity index (χ0) is 21.3. The molecule has 4 nitrogen and oxygen atoms in total. The lowest BCUT2D eigenvalue weighted by Crippen LogP contribution is -2.34. The number of benzene rings is 1. The zero-order valence-electron chi connectivity index (χ0n) is 16.1. The maximum absolute atomic E-state index is 12.9. The van der Waals surface area contributed by atoms with E-state index < -0.39 is 11.7 Å². The fourth-order valence-electron chi connectivity index (χ4n) is 3.85. The summed E-state index contributed by atoms with van der Waals surface area (Å²) >= 11 is 0.866. The third kappa shape index (κ3) is 4.48. The van der Waals surface area contributed by atoms with Crippen molar-refractivity contribution in [2.45, 2.75) is 38.3 Å². The van der Waals surface area contributed by atoms with Crippen LogP contribution >= 0.6 is 11.8 Å². The monoisotopic (exact) mass is 435 g/mol. The topological polar surface area (TPSA) is 50.5 Å². The molecule has 1 aromatic heterocycles. The van der Waals surface area contributed by atoms with E-state index in [9.17, 15) is 22.8 Å². The van der Waals surface area contributed by atoms with Crippen molar-refractivity contribution < 1.29 is 27.2 Å². The Balaban J connectivity index is 1.50. The van der Waals surface area contributed by atoms with Crippen LogP contribution in [-0.2, 0) is 11.0 Å². The summed E-state index contributed by atoms with van der Waals surface area (Å²) in [6, 6.07) is 7.97. The molecular weight excluding hydrogens is 415 g/mol. The van der Waals surface area contributed by atoms with Gasteiger partial charge in [0.05, 0.1) is 10.5 Å². The minimum absolute atomic E-state index is 0.258. The molecule has 2 aromatic rings. The van der Waals surface area contributed by atoms with E-state index in [4.69, 9.17) is 4.42 Å². The van der Waals surface area contributed by atoms with Crippen molar-refractivity contribution in [3.63, 3.8) is 0 Å². The summed E-state index contributed by atoms with van der Waals surface area (Å²) in [6.07, 6.45) is 2.54. The molecule has 1 aliphatic carbocycles. The second kappa shape index (κ2) is 8.34. The zero-order valence-corrected chi connectivity index (χ0v) is 16.9. The Bertz CT molecular complexity index is 990. The highest BCUT2D eigenvalue weighted by molar-refractivity contribution is 8.18. The smallest absolute Gasteiger partial charge is 0.416 e. The summed E-state index contributed by atoms with van der Waals surface area (Å²) in [6.45, 7) is 0.440. The van der Waals surface area contributed by atoms with E-state index in [2.05, 4.69) is 0 Å². The van der Waals surface area contributed by atoms with E-state index in [1.807, 2.05) is 0 Å². The van der Waals surface area contributed by atoms with Crippen molar-refractivity contribution in [1.29, 1.82) is 0 Å². The van der Waals surface area contributed by atoms with Crippen molar-refractivity contribution in [3.05, 3.63) is 52.6 Å². The van der Waals surface area contributed by atoms with Gasteiger partial charge in [0.15, 0.2) is 0 Å². The number of hydrogen-bond acceptors (Lipinski definition) is 4. The van der Waals surface area contributed by atoms with Crippen LogP contribution in [0.5, 0.6) is 0 Å². The lowest BCUT2D eigenvalue weighted by molar-refractivity contribution is -0.137. The molecule has 8 heteroatoms. The van der Waals surface area contributed by atoms with Crippen LogP contribution in [0.2, 0.25) is 0 Å². The number of amides is 2. The van der Waals surface area contributed by atoms with E-state index in [0.717, 1.165) is 49.6 Å². The lowest BCUT2D eigenvalue weighted by Gasteiger charge is -2.25. The van der Waals surface area contributed by atoms with Crippen LogP contribution < -0.4 is 0 Å². The molecule has 1 aromatic carbocycles. The Hall–Kier alpha value is -2.48. The number of carbonyl (C=O) groups is 2. The second-order valence-corrected chi connectivity index (χ2v) is 8.57. The lowest BCUT2D eigenvalue weighted by atomic mass is 9.89. The van der Waals surface area contributed by atoms with Crippen molar-refractivity contribution in [2.75, 3.05) is 6.54 Å². The average molecular weight is 435 g/mol. The first-order valence-corrected chi connectivity index (χ1v) is 10.7. The highest BCUT2D eigenvalue weighted by atomic mass is 32.2. The van der Waals surface area contributed by atoms with Crippen LogP contribution in [0.1, 0.15) is 43.4 Å². The van der Waals surface area contributed by atoms with E-state index in [-0.39, 0.29) is 27.4 Å². The van der Waals surface area contributed by atoms with Crippen molar-refractivity contribution in [2.24, 2.45) is 5.92 Å². The third-order valence-corrected chi connectivity index (χ3v) is 6.32. The van der Waals surface area contributed by atoms with Crippen LogP contribution in [0.3, 0.4) is 0 Å². The summed E-state index contributed by atoms with van der Waals surface area (Å²) < 4.78 is 44.4. The standard InChI is InChI=1S/C22H20F3NO3S/c23-22(24,25)16-8-4-7-15(11-16)18-10-9-17(29-18)12-19-20(27)26(21(28)30-19)13-14-5-2-1-3-6-14/h4,7-12,14H,1-3,5-6,13H2/b19-12+. The molecule has 4 rings (SSSR count). The number of nitrogens with zero attached hydrogens (tertiary/aromatic N) is 1. The first-order chi connectivity index (χ1) is 14.3. The SMILES string of the molecule is O=C1S/C(=C/c2ccc(-c3cccc(C(F)(F)F)c3)o2)C(=O)N1CC1CCCCC1. The maximum atomic E-state index is 12.9. The van der Waals surface area contributed by atoms with Gasteiger partial charge in [-0.1, -0.05) is 31.4 Å². The predicted octanol–water partition coefficient (Wildman–Crippen LogP) is 6.58. The number of halogens is 3. The van der Waals surface area contributed by atoms with Crippen LogP contribution in [0.15, 0.2) is 45.7 Å². The van der Waals surface area contributed by atoms with Gasteiger partial charge in [-0.25, -0.2) is 0 Å². The van der Waals surface area contributed by atoms with Gasteiger partial charge in [0.2, 0.25) is 0 Å². The molecule has 2 fully saturated rings. The quantitative estimate of drug-likeness (QED) is 0.509. The van der Waals surface area contributed by atoms with Gasteiger partial charge < -0.3 is 4.42 Å². The number of furan rings is 1. The summed E-state index contributed by atoms with van der Waals surface area (Å²) in [4.78, 5) is 26.5. The van der Waals surface area contributed by atoms with Gasteiger partial charge in [0.1, 0.15) is 11.5 Å². The minimum Gasteiger partial charge on any atom is -0.457 e. The summed E-state index contributed by atoms with van der Waals surface area (Å²) in [5.41, 5.74) is -0.475. The molecule has 2 amide bonds. The van der Waals surface area contributed by atoms with E-state index in [1.165, 1.54) is 29.5 Å². The average Bonchev–Trinajstić information content (AvgIpc) is 3.29. The Morgan fingerprint density at radius 1 is 1.10 bits per heavy atom. The van der Waals surface area contributed by atoms with E-state index >= 15 is 0 Å². The Labute approximate surface area is 176 Å². The molecule has 158 valence electrons. The molecule has 0 bridgehead atoms. The number of thioether (sulfide) groups is 1. The number of rotatable bonds is 4. The second-order valence-electron chi connectivity index (χ2n) is 7.58. The molecule has 0 N–H and O–H groups in total. The molecule has 1 saturated carbocycles.